The zero-order valence-electron chi connectivity index (χ0n) is 21.7. The van der Waals surface area contributed by atoms with Crippen LogP contribution in [-0.2, 0) is 20.9 Å². The fourth-order valence-corrected chi connectivity index (χ4v) is 7.09. The summed E-state index contributed by atoms with van der Waals surface area (Å²) in [5.41, 5.74) is 3.20. The number of hydrogen-bond acceptors (Lipinski definition) is 6. The molecule has 2 heterocycles. The molecule has 0 atom stereocenters. The van der Waals surface area contributed by atoms with Gasteiger partial charge in [-0.3, -0.25) is 14.5 Å². The molecule has 6 heteroatoms. The van der Waals surface area contributed by atoms with Crippen molar-refractivity contribution in [3.8, 4) is 5.75 Å². The number of Topliss-reactive ketones (excluding diaryl/α,β-unsaturated/α-hetero) is 2. The van der Waals surface area contributed by atoms with E-state index in [-0.39, 0.29) is 28.3 Å². The lowest BCUT2D eigenvalue weighted by Gasteiger charge is -2.42. The van der Waals surface area contributed by atoms with Gasteiger partial charge in [-0.2, -0.15) is 11.8 Å². The molecule has 0 spiro atoms. The second-order valence-corrected chi connectivity index (χ2v) is 13.3. The van der Waals surface area contributed by atoms with Crippen molar-refractivity contribution in [3.63, 3.8) is 0 Å². The van der Waals surface area contributed by atoms with Gasteiger partial charge >= 0.3 is 0 Å². The number of rotatable bonds is 4. The highest BCUT2D eigenvalue weighted by Crippen LogP contribution is 2.53. The third-order valence-electron chi connectivity index (χ3n) is 7.72. The van der Waals surface area contributed by atoms with Crippen LogP contribution < -0.4 is 4.74 Å². The molecule has 188 valence electrons. The van der Waals surface area contributed by atoms with E-state index >= 15 is 0 Å². The molecule has 4 aliphatic rings. The van der Waals surface area contributed by atoms with Crippen LogP contribution in [0.2, 0.25) is 0 Å². The van der Waals surface area contributed by atoms with Crippen LogP contribution in [-0.4, -0.2) is 48.2 Å². The van der Waals surface area contributed by atoms with Crippen LogP contribution in [0.1, 0.15) is 70.4 Å². The molecule has 0 bridgehead atoms. The molecule has 0 saturated carbocycles. The molecular weight excluding hydrogens is 458 g/mol. The molecule has 1 fully saturated rings. The first-order valence-corrected chi connectivity index (χ1v) is 13.9. The second-order valence-electron chi connectivity index (χ2n) is 12.1. The fraction of sp³-hybridized carbons (Fsp3) is 0.586. The van der Waals surface area contributed by atoms with E-state index in [9.17, 15) is 9.59 Å². The maximum Gasteiger partial charge on any atom is 0.163 e. The van der Waals surface area contributed by atoms with Crippen LogP contribution >= 0.6 is 11.8 Å². The van der Waals surface area contributed by atoms with E-state index < -0.39 is 0 Å². The molecule has 2 aliphatic heterocycles. The highest BCUT2D eigenvalue weighted by molar-refractivity contribution is 7.99. The van der Waals surface area contributed by atoms with Crippen LogP contribution in [0.3, 0.4) is 0 Å². The molecule has 0 amide bonds. The molecule has 0 aromatic heterocycles. The van der Waals surface area contributed by atoms with Crippen LogP contribution in [0, 0.1) is 10.8 Å². The lowest BCUT2D eigenvalue weighted by atomic mass is 9.65. The summed E-state index contributed by atoms with van der Waals surface area (Å²) in [4.78, 5) is 29.6. The summed E-state index contributed by atoms with van der Waals surface area (Å²) in [6.45, 7) is 11.4. The van der Waals surface area contributed by atoms with Crippen LogP contribution in [0.15, 0.2) is 40.9 Å². The Morgan fingerprint density at radius 1 is 0.943 bits per heavy atom. The topological polar surface area (TPSA) is 55.8 Å². The minimum Gasteiger partial charge on any atom is -0.496 e. The number of methoxy groups -OCH3 is 1. The lowest BCUT2D eigenvalue weighted by Crippen LogP contribution is -2.37. The van der Waals surface area contributed by atoms with E-state index in [2.05, 4.69) is 38.7 Å². The number of nitrogens with zero attached hydrogens (tertiary/aromatic N) is 1. The standard InChI is InChI=1S/C29H37NO4S/c1-28(2)13-20(31)26-23(15-28)34-24-16-29(3,4)14-21(32)27(24)25(26)18-6-7-22(33-5)19(12-18)17-30-8-10-35-11-9-30/h6-7,12,25H,8-11,13-17H2,1-5H3. The van der Waals surface area contributed by atoms with Crippen molar-refractivity contribution in [1.29, 1.82) is 0 Å². The van der Waals surface area contributed by atoms with Gasteiger partial charge in [0, 0.05) is 79.5 Å². The number of ether oxygens (including phenoxy) is 2. The predicted octanol–water partition coefficient (Wildman–Crippen LogP) is 5.64. The number of ketones is 2. The van der Waals surface area contributed by atoms with Crippen LogP contribution in [0.4, 0.5) is 0 Å². The SMILES string of the molecule is COc1ccc(C2C3=C(CC(C)(C)CC3=O)OC3=C2C(=O)CC(C)(C)C3)cc1CN1CCSCC1. The van der Waals surface area contributed by atoms with Gasteiger partial charge < -0.3 is 9.47 Å². The smallest absolute Gasteiger partial charge is 0.163 e. The Morgan fingerprint density at radius 2 is 1.51 bits per heavy atom. The monoisotopic (exact) mass is 495 g/mol. The molecule has 0 unspecified atom stereocenters. The summed E-state index contributed by atoms with van der Waals surface area (Å²) in [6.07, 6.45) is 2.37. The Hall–Kier alpha value is -2.05. The normalized spacial score (nSPS) is 24.7. The van der Waals surface area contributed by atoms with Gasteiger partial charge in [0.1, 0.15) is 17.3 Å². The fourth-order valence-electron chi connectivity index (χ4n) is 6.11. The lowest BCUT2D eigenvalue weighted by molar-refractivity contribution is -0.120. The average molecular weight is 496 g/mol. The van der Waals surface area contributed by atoms with Gasteiger partial charge in [0.2, 0.25) is 0 Å². The van der Waals surface area contributed by atoms with Crippen molar-refractivity contribution < 1.29 is 19.1 Å². The minimum atomic E-state index is -0.359. The van der Waals surface area contributed by atoms with Gasteiger partial charge in [-0.25, -0.2) is 0 Å². The van der Waals surface area contributed by atoms with E-state index in [1.54, 1.807) is 7.11 Å². The Bertz CT molecular complexity index is 1070. The number of carbonyl (C=O) groups is 2. The summed E-state index contributed by atoms with van der Waals surface area (Å²) in [6, 6.07) is 6.22. The Labute approximate surface area is 213 Å². The van der Waals surface area contributed by atoms with Crippen molar-refractivity contribution in [1.82, 2.24) is 4.90 Å². The molecule has 5 rings (SSSR count). The highest BCUT2D eigenvalue weighted by Gasteiger charge is 2.47. The zero-order valence-corrected chi connectivity index (χ0v) is 22.5. The number of allylic oxidation sites excluding steroid dienone is 4. The van der Waals surface area contributed by atoms with E-state index in [4.69, 9.17) is 9.47 Å². The van der Waals surface area contributed by atoms with Crippen molar-refractivity contribution in [2.75, 3.05) is 31.7 Å². The molecule has 2 aliphatic carbocycles. The van der Waals surface area contributed by atoms with Gasteiger partial charge in [0.15, 0.2) is 11.6 Å². The van der Waals surface area contributed by atoms with E-state index in [0.717, 1.165) is 59.5 Å². The van der Waals surface area contributed by atoms with Crippen molar-refractivity contribution in [2.45, 2.75) is 65.8 Å². The summed E-state index contributed by atoms with van der Waals surface area (Å²) in [5.74, 6) is 4.53. The maximum atomic E-state index is 13.6. The van der Waals surface area contributed by atoms with Crippen LogP contribution in [0.5, 0.6) is 5.75 Å². The molecule has 1 saturated heterocycles. The third kappa shape index (κ3) is 4.84. The molecule has 0 radical (unpaired) electrons. The van der Waals surface area contributed by atoms with Crippen molar-refractivity contribution >= 4 is 23.3 Å². The first-order chi connectivity index (χ1) is 16.6. The first-order valence-electron chi connectivity index (χ1n) is 12.7. The molecule has 0 N–H and O–H groups in total. The Balaban J connectivity index is 1.62. The second kappa shape index (κ2) is 9.11. The van der Waals surface area contributed by atoms with Gasteiger partial charge in [0.05, 0.1) is 7.11 Å². The number of carbonyl (C=O) groups excluding carboxylic acids is 2. The highest BCUT2D eigenvalue weighted by atomic mass is 32.2. The Kier molecular flexibility index (Phi) is 6.41. The summed E-state index contributed by atoms with van der Waals surface area (Å²) in [7, 11) is 1.71. The molecular formula is C29H37NO4S. The Morgan fingerprint density at radius 3 is 2.06 bits per heavy atom. The van der Waals surface area contributed by atoms with E-state index in [1.807, 2.05) is 23.9 Å². The quantitative estimate of drug-likeness (QED) is 0.539. The third-order valence-corrected chi connectivity index (χ3v) is 8.66. The average Bonchev–Trinajstić information content (AvgIpc) is 2.76. The van der Waals surface area contributed by atoms with Gasteiger partial charge in [-0.05, 0) is 28.5 Å². The zero-order chi connectivity index (χ0) is 25.0. The van der Waals surface area contributed by atoms with Gasteiger partial charge in [0.25, 0.3) is 0 Å². The van der Waals surface area contributed by atoms with Crippen LogP contribution in [0.25, 0.3) is 0 Å². The molecule has 1 aromatic carbocycles. The minimum absolute atomic E-state index is 0.107. The number of hydrogen-bond donors (Lipinski definition) is 0. The van der Waals surface area contributed by atoms with E-state index in [0.29, 0.717) is 36.8 Å². The van der Waals surface area contributed by atoms with Crippen molar-refractivity contribution in [2.24, 2.45) is 10.8 Å². The predicted molar refractivity (Wildman–Crippen MR) is 140 cm³/mol. The molecule has 35 heavy (non-hydrogen) atoms. The first kappa shape index (κ1) is 24.6. The summed E-state index contributed by atoms with van der Waals surface area (Å²) < 4.78 is 12.2. The van der Waals surface area contributed by atoms with Gasteiger partial charge in [-0.1, -0.05) is 33.8 Å². The summed E-state index contributed by atoms with van der Waals surface area (Å²) in [5, 5.41) is 0. The largest absolute Gasteiger partial charge is 0.496 e. The molecule has 1 aromatic rings. The number of thioether (sulfide) groups is 1. The van der Waals surface area contributed by atoms with Crippen molar-refractivity contribution in [3.05, 3.63) is 52.0 Å². The van der Waals surface area contributed by atoms with E-state index in [1.165, 1.54) is 0 Å². The maximum absolute atomic E-state index is 13.6. The summed E-state index contributed by atoms with van der Waals surface area (Å²) >= 11 is 2.00. The molecule has 5 nitrogen and oxygen atoms in total. The number of benzene rings is 1. The van der Waals surface area contributed by atoms with Gasteiger partial charge in [-0.15, -0.1) is 0 Å².